The van der Waals surface area contributed by atoms with Crippen LogP contribution in [0.15, 0.2) is 10.1 Å². The summed E-state index contributed by atoms with van der Waals surface area (Å²) in [7, 11) is 3.66. The largest absolute Gasteiger partial charge is 0.370 e. The molecule has 0 unspecified atom stereocenters. The van der Waals surface area contributed by atoms with Crippen LogP contribution in [0.2, 0.25) is 0 Å². The molecule has 0 aliphatic heterocycles. The van der Waals surface area contributed by atoms with E-state index in [-0.39, 0.29) is 11.9 Å². The van der Waals surface area contributed by atoms with E-state index in [2.05, 4.69) is 19.9 Å². The van der Waals surface area contributed by atoms with Crippen molar-refractivity contribution in [2.24, 2.45) is 16.5 Å². The first-order valence-corrected chi connectivity index (χ1v) is 5.32. The Labute approximate surface area is 92.0 Å². The molecular weight excluding hydrogens is 214 g/mol. The third-order valence-corrected chi connectivity index (χ3v) is 1.95. The lowest BCUT2D eigenvalue weighted by Gasteiger charge is -2.10. The molecule has 0 fully saturated rings. The molecule has 1 rings (SSSR count). The first-order chi connectivity index (χ1) is 7.02. The monoisotopic (exact) mass is 227 g/mol. The lowest BCUT2D eigenvalue weighted by Crippen LogP contribution is -2.22. The van der Waals surface area contributed by atoms with E-state index in [1.165, 1.54) is 11.8 Å². The summed E-state index contributed by atoms with van der Waals surface area (Å²) in [5.74, 6) is 0.672. The normalized spacial score (nSPS) is 9.80. The number of hydrogen-bond acceptors (Lipinski definition) is 6. The second-order valence-corrected chi connectivity index (χ2v) is 3.63. The molecule has 0 atom stereocenters. The Bertz CT molecular complexity index is 372. The van der Waals surface area contributed by atoms with Crippen molar-refractivity contribution < 1.29 is 0 Å². The van der Waals surface area contributed by atoms with Crippen molar-refractivity contribution in [1.82, 2.24) is 15.0 Å². The molecule has 0 aliphatic carbocycles. The summed E-state index contributed by atoms with van der Waals surface area (Å²) in [6, 6.07) is 0. The third-order valence-electron chi connectivity index (χ3n) is 1.40. The van der Waals surface area contributed by atoms with Gasteiger partial charge < -0.3 is 16.4 Å². The lowest BCUT2D eigenvalue weighted by atomic mass is 10.8. The maximum absolute atomic E-state index is 5.25. The van der Waals surface area contributed by atoms with Crippen LogP contribution < -0.4 is 16.4 Å². The van der Waals surface area contributed by atoms with Crippen LogP contribution in [0.4, 0.5) is 11.9 Å². The first-order valence-electron chi connectivity index (χ1n) is 4.10. The van der Waals surface area contributed by atoms with E-state index >= 15 is 0 Å². The first kappa shape index (κ1) is 11.5. The van der Waals surface area contributed by atoms with Crippen LogP contribution in [0.25, 0.3) is 0 Å². The Kier molecular flexibility index (Phi) is 3.67. The minimum atomic E-state index is -0.0713. The number of anilines is 1. The van der Waals surface area contributed by atoms with Gasteiger partial charge in [-0.2, -0.15) is 19.9 Å². The van der Waals surface area contributed by atoms with Gasteiger partial charge in [0.05, 0.1) is 0 Å². The molecule has 8 heteroatoms. The smallest absolute Gasteiger partial charge is 0.258 e. The number of hydrogen-bond donors (Lipinski definition) is 2. The highest BCUT2D eigenvalue weighted by Gasteiger charge is 2.06. The molecule has 7 nitrogen and oxygen atoms in total. The summed E-state index contributed by atoms with van der Waals surface area (Å²) in [6.07, 6.45) is 1.87. The van der Waals surface area contributed by atoms with Gasteiger partial charge in [0, 0.05) is 14.1 Å². The maximum Gasteiger partial charge on any atom is 0.258 e. The topological polar surface area (TPSA) is 106 Å². The molecule has 0 saturated heterocycles. The van der Waals surface area contributed by atoms with Crippen molar-refractivity contribution >= 4 is 29.6 Å². The predicted molar refractivity (Wildman–Crippen MR) is 61.4 cm³/mol. The van der Waals surface area contributed by atoms with Gasteiger partial charge in [-0.25, -0.2) is 0 Å². The van der Waals surface area contributed by atoms with Gasteiger partial charge in [0.1, 0.15) is 0 Å². The summed E-state index contributed by atoms with van der Waals surface area (Å²) < 4.78 is 0. The molecular formula is C7H13N7S. The minimum absolute atomic E-state index is 0.0713. The molecule has 0 spiro atoms. The summed E-state index contributed by atoms with van der Waals surface area (Å²) >= 11 is 1.40. The standard InChI is InChI=1S/C7H13N7S/c1-14(2)6-11-5(10-4(8)9)12-7(13-6)15-3/h1-3H3,(H4,8,9,10,11,12,13). The zero-order valence-corrected chi connectivity index (χ0v) is 9.62. The highest BCUT2D eigenvalue weighted by Crippen LogP contribution is 2.16. The van der Waals surface area contributed by atoms with Gasteiger partial charge in [0.2, 0.25) is 5.95 Å². The fourth-order valence-electron chi connectivity index (χ4n) is 0.792. The van der Waals surface area contributed by atoms with Gasteiger partial charge in [-0.3, -0.25) is 0 Å². The average molecular weight is 227 g/mol. The number of rotatable bonds is 3. The number of nitrogens with zero attached hydrogens (tertiary/aromatic N) is 5. The lowest BCUT2D eigenvalue weighted by molar-refractivity contribution is 0.866. The van der Waals surface area contributed by atoms with E-state index in [4.69, 9.17) is 11.5 Å². The molecule has 1 aromatic rings. The van der Waals surface area contributed by atoms with Gasteiger partial charge in [0.15, 0.2) is 11.1 Å². The van der Waals surface area contributed by atoms with E-state index in [1.54, 1.807) is 4.90 Å². The van der Waals surface area contributed by atoms with Gasteiger partial charge in [-0.15, -0.1) is 0 Å². The average Bonchev–Trinajstić information content (AvgIpc) is 2.16. The Morgan fingerprint density at radius 1 is 1.27 bits per heavy atom. The Balaban J connectivity index is 3.17. The number of thioether (sulfide) groups is 1. The van der Waals surface area contributed by atoms with Crippen LogP contribution in [-0.2, 0) is 0 Å². The second-order valence-electron chi connectivity index (χ2n) is 2.85. The van der Waals surface area contributed by atoms with Crippen molar-refractivity contribution in [2.75, 3.05) is 25.3 Å². The van der Waals surface area contributed by atoms with Gasteiger partial charge in [-0.05, 0) is 6.26 Å². The Morgan fingerprint density at radius 3 is 2.40 bits per heavy atom. The minimum Gasteiger partial charge on any atom is -0.370 e. The van der Waals surface area contributed by atoms with E-state index in [0.29, 0.717) is 11.1 Å². The van der Waals surface area contributed by atoms with Gasteiger partial charge in [-0.1, -0.05) is 11.8 Å². The Morgan fingerprint density at radius 2 is 1.93 bits per heavy atom. The van der Waals surface area contributed by atoms with Crippen molar-refractivity contribution in [1.29, 1.82) is 0 Å². The zero-order chi connectivity index (χ0) is 11.4. The molecule has 82 valence electrons. The van der Waals surface area contributed by atoms with E-state index in [1.807, 2.05) is 20.4 Å². The quantitative estimate of drug-likeness (QED) is 0.409. The van der Waals surface area contributed by atoms with Crippen molar-refractivity contribution in [3.8, 4) is 0 Å². The van der Waals surface area contributed by atoms with Crippen molar-refractivity contribution in [3.05, 3.63) is 0 Å². The van der Waals surface area contributed by atoms with Crippen LogP contribution in [0.3, 0.4) is 0 Å². The molecule has 1 aromatic heterocycles. The molecule has 4 N–H and O–H groups in total. The zero-order valence-electron chi connectivity index (χ0n) is 8.80. The summed E-state index contributed by atoms with van der Waals surface area (Å²) in [4.78, 5) is 17.8. The van der Waals surface area contributed by atoms with Crippen LogP contribution in [0.5, 0.6) is 0 Å². The molecule has 0 bridgehead atoms. The molecule has 0 aromatic carbocycles. The molecule has 0 aliphatic rings. The highest BCUT2D eigenvalue weighted by atomic mass is 32.2. The fraction of sp³-hybridized carbons (Fsp3) is 0.429. The molecule has 0 saturated carbocycles. The van der Waals surface area contributed by atoms with Crippen molar-refractivity contribution in [2.45, 2.75) is 5.16 Å². The van der Waals surface area contributed by atoms with Gasteiger partial charge >= 0.3 is 0 Å². The number of aromatic nitrogens is 3. The maximum atomic E-state index is 5.25. The van der Waals surface area contributed by atoms with Crippen LogP contribution in [-0.4, -0.2) is 41.3 Å². The molecule has 0 amide bonds. The van der Waals surface area contributed by atoms with Gasteiger partial charge in [0.25, 0.3) is 5.95 Å². The predicted octanol–water partition coefficient (Wildman–Crippen LogP) is -0.436. The summed E-state index contributed by atoms with van der Waals surface area (Å²) in [5.41, 5.74) is 10.5. The molecule has 1 heterocycles. The third kappa shape index (κ3) is 3.24. The highest BCUT2D eigenvalue weighted by molar-refractivity contribution is 7.98. The summed E-state index contributed by atoms with van der Waals surface area (Å²) in [5, 5.41) is 0.578. The van der Waals surface area contributed by atoms with Crippen molar-refractivity contribution in [3.63, 3.8) is 0 Å². The summed E-state index contributed by atoms with van der Waals surface area (Å²) in [6.45, 7) is 0. The second kappa shape index (κ2) is 4.78. The van der Waals surface area contributed by atoms with Crippen LogP contribution in [0, 0.1) is 0 Å². The Hall–Kier alpha value is -1.57. The molecule has 0 radical (unpaired) electrons. The van der Waals surface area contributed by atoms with Crippen LogP contribution in [0.1, 0.15) is 0 Å². The van der Waals surface area contributed by atoms with E-state index < -0.39 is 0 Å². The number of aliphatic imine (C=N–C) groups is 1. The van der Waals surface area contributed by atoms with Crippen LogP contribution >= 0.6 is 11.8 Å². The van der Waals surface area contributed by atoms with E-state index in [0.717, 1.165) is 0 Å². The fourth-order valence-corrected chi connectivity index (χ4v) is 1.14. The molecule has 15 heavy (non-hydrogen) atoms. The number of guanidine groups is 1. The number of nitrogens with two attached hydrogens (primary N) is 2. The SMILES string of the molecule is CSc1nc(N=C(N)N)nc(N(C)C)n1. The van der Waals surface area contributed by atoms with E-state index in [9.17, 15) is 0 Å².